The van der Waals surface area contributed by atoms with Crippen LogP contribution in [0.3, 0.4) is 0 Å². The normalized spacial score (nSPS) is 10.5. The van der Waals surface area contributed by atoms with Crippen LogP contribution >= 0.6 is 0 Å². The van der Waals surface area contributed by atoms with Crippen LogP contribution in [0.2, 0.25) is 0 Å². The number of hydrogen-bond acceptors (Lipinski definition) is 4. The van der Waals surface area contributed by atoms with Gasteiger partial charge in [-0.3, -0.25) is 9.59 Å². The molecule has 0 saturated heterocycles. The molecule has 0 atom stereocenters. The Morgan fingerprint density at radius 1 is 1.16 bits per heavy atom. The van der Waals surface area contributed by atoms with Gasteiger partial charge in [0.2, 0.25) is 5.91 Å². The number of benzene rings is 1. The number of carbonyl (C=O) groups is 2. The lowest BCUT2D eigenvalue weighted by atomic mass is 10.1. The number of hydrogen-bond donors (Lipinski definition) is 0. The van der Waals surface area contributed by atoms with E-state index in [1.54, 1.807) is 42.3 Å². The maximum atomic E-state index is 13.8. The maximum Gasteiger partial charge on any atom is 0.305 e. The molecular formula is C19H22FNO4. The van der Waals surface area contributed by atoms with Gasteiger partial charge in [0, 0.05) is 32.9 Å². The van der Waals surface area contributed by atoms with Crippen LogP contribution in [0.5, 0.6) is 0 Å². The molecule has 25 heavy (non-hydrogen) atoms. The summed E-state index contributed by atoms with van der Waals surface area (Å²) in [6.45, 7) is 0.493. The highest BCUT2D eigenvalue weighted by molar-refractivity contribution is 5.76. The number of esters is 1. The standard InChI is InChI=1S/C19H22FNO4/c1-21(13-5-8-19(23)24-2)18(22)12-10-14-9-11-17(25-14)15-6-3-4-7-16(15)20/h3-4,6-7,9,11H,5,8,10,12-13H2,1-2H3. The number of halogens is 1. The topological polar surface area (TPSA) is 59.8 Å². The summed E-state index contributed by atoms with van der Waals surface area (Å²) >= 11 is 0. The zero-order valence-corrected chi connectivity index (χ0v) is 14.5. The van der Waals surface area contributed by atoms with Gasteiger partial charge in [0.15, 0.2) is 0 Å². The van der Waals surface area contributed by atoms with Gasteiger partial charge in [0.05, 0.1) is 12.7 Å². The number of furan rings is 1. The van der Waals surface area contributed by atoms with E-state index in [4.69, 9.17) is 4.42 Å². The first kappa shape index (κ1) is 18.7. The smallest absolute Gasteiger partial charge is 0.305 e. The fraction of sp³-hybridized carbons (Fsp3) is 0.368. The third-order valence-electron chi connectivity index (χ3n) is 3.91. The minimum atomic E-state index is -0.343. The van der Waals surface area contributed by atoms with Crippen LogP contribution < -0.4 is 0 Å². The van der Waals surface area contributed by atoms with Crippen molar-refractivity contribution in [3.05, 3.63) is 48.0 Å². The lowest BCUT2D eigenvalue weighted by Gasteiger charge is -2.16. The summed E-state index contributed by atoms with van der Waals surface area (Å²) in [6, 6.07) is 9.86. The van der Waals surface area contributed by atoms with E-state index < -0.39 is 0 Å². The van der Waals surface area contributed by atoms with Gasteiger partial charge in [-0.15, -0.1) is 0 Å². The Balaban J connectivity index is 1.82. The minimum absolute atomic E-state index is 0.0336. The van der Waals surface area contributed by atoms with Crippen molar-refractivity contribution in [1.29, 1.82) is 0 Å². The molecule has 1 amide bonds. The SMILES string of the molecule is COC(=O)CCCN(C)C(=O)CCc1ccc(-c2ccccc2F)o1. The summed E-state index contributed by atoms with van der Waals surface area (Å²) in [5.41, 5.74) is 0.403. The Kier molecular flexibility index (Phi) is 6.74. The summed E-state index contributed by atoms with van der Waals surface area (Å²) < 4.78 is 24.0. The average molecular weight is 347 g/mol. The molecule has 1 aromatic heterocycles. The summed E-state index contributed by atoms with van der Waals surface area (Å²) in [5, 5.41) is 0. The molecule has 1 aromatic carbocycles. The van der Waals surface area contributed by atoms with E-state index in [-0.39, 0.29) is 24.1 Å². The van der Waals surface area contributed by atoms with Crippen molar-refractivity contribution in [1.82, 2.24) is 4.90 Å². The number of aryl methyl sites for hydroxylation is 1. The van der Waals surface area contributed by atoms with Crippen molar-refractivity contribution >= 4 is 11.9 Å². The second kappa shape index (κ2) is 9.01. The van der Waals surface area contributed by atoms with E-state index >= 15 is 0 Å². The summed E-state index contributed by atoms with van der Waals surface area (Å²) in [7, 11) is 3.04. The molecule has 0 aliphatic rings. The molecule has 0 N–H and O–H groups in total. The van der Waals surface area contributed by atoms with E-state index in [2.05, 4.69) is 4.74 Å². The van der Waals surface area contributed by atoms with Gasteiger partial charge in [-0.25, -0.2) is 4.39 Å². The van der Waals surface area contributed by atoms with E-state index in [0.717, 1.165) is 0 Å². The van der Waals surface area contributed by atoms with Crippen LogP contribution in [0.25, 0.3) is 11.3 Å². The number of rotatable bonds is 8. The van der Waals surface area contributed by atoms with Gasteiger partial charge in [-0.05, 0) is 30.7 Å². The van der Waals surface area contributed by atoms with Crippen LogP contribution in [0, 0.1) is 5.82 Å². The third-order valence-corrected chi connectivity index (χ3v) is 3.91. The average Bonchev–Trinajstić information content (AvgIpc) is 3.08. The second-order valence-corrected chi connectivity index (χ2v) is 5.74. The van der Waals surface area contributed by atoms with Crippen molar-refractivity contribution in [2.75, 3.05) is 20.7 Å². The number of carbonyl (C=O) groups excluding carboxylic acids is 2. The molecule has 0 spiro atoms. The molecule has 0 unspecified atom stereocenters. The van der Waals surface area contributed by atoms with Crippen molar-refractivity contribution in [2.45, 2.75) is 25.7 Å². The largest absolute Gasteiger partial charge is 0.469 e. The molecule has 0 bridgehead atoms. The lowest BCUT2D eigenvalue weighted by molar-refractivity contribution is -0.141. The molecule has 2 rings (SSSR count). The van der Waals surface area contributed by atoms with Crippen LogP contribution in [-0.4, -0.2) is 37.5 Å². The zero-order chi connectivity index (χ0) is 18.2. The third kappa shape index (κ3) is 5.45. The van der Waals surface area contributed by atoms with Crippen molar-refractivity contribution in [3.8, 4) is 11.3 Å². The van der Waals surface area contributed by atoms with E-state index in [0.29, 0.717) is 42.9 Å². The van der Waals surface area contributed by atoms with Crippen molar-refractivity contribution in [2.24, 2.45) is 0 Å². The summed E-state index contributed by atoms with van der Waals surface area (Å²) in [4.78, 5) is 24.7. The number of nitrogens with zero attached hydrogens (tertiary/aromatic N) is 1. The number of amides is 1. The van der Waals surface area contributed by atoms with E-state index in [1.165, 1.54) is 13.2 Å². The molecular weight excluding hydrogens is 325 g/mol. The molecule has 0 aliphatic heterocycles. The highest BCUT2D eigenvalue weighted by Crippen LogP contribution is 2.25. The van der Waals surface area contributed by atoms with Gasteiger partial charge < -0.3 is 14.1 Å². The Morgan fingerprint density at radius 3 is 2.64 bits per heavy atom. The maximum absolute atomic E-state index is 13.8. The molecule has 1 heterocycles. The quantitative estimate of drug-likeness (QED) is 0.687. The minimum Gasteiger partial charge on any atom is -0.469 e. The monoisotopic (exact) mass is 347 g/mol. The molecule has 0 fully saturated rings. The van der Waals surface area contributed by atoms with E-state index in [9.17, 15) is 14.0 Å². The lowest BCUT2D eigenvalue weighted by Crippen LogP contribution is -2.28. The van der Waals surface area contributed by atoms with Crippen LogP contribution in [0.15, 0.2) is 40.8 Å². The molecule has 134 valence electrons. The predicted molar refractivity (Wildman–Crippen MR) is 91.3 cm³/mol. The molecule has 0 radical (unpaired) electrons. The Bertz CT molecular complexity index is 726. The molecule has 5 nitrogen and oxygen atoms in total. The highest BCUT2D eigenvalue weighted by atomic mass is 19.1. The zero-order valence-electron chi connectivity index (χ0n) is 14.5. The summed E-state index contributed by atoms with van der Waals surface area (Å²) in [5.74, 6) is 0.428. The van der Waals surface area contributed by atoms with Gasteiger partial charge in [0.1, 0.15) is 17.3 Å². The van der Waals surface area contributed by atoms with Crippen LogP contribution in [0.1, 0.15) is 25.0 Å². The van der Waals surface area contributed by atoms with Crippen LogP contribution in [0.4, 0.5) is 4.39 Å². The number of ether oxygens (including phenoxy) is 1. The highest BCUT2D eigenvalue weighted by Gasteiger charge is 2.13. The first-order valence-electron chi connectivity index (χ1n) is 8.15. The summed E-state index contributed by atoms with van der Waals surface area (Å²) in [6.07, 6.45) is 1.58. The molecule has 2 aromatic rings. The number of methoxy groups -OCH3 is 1. The Morgan fingerprint density at radius 2 is 1.92 bits per heavy atom. The first-order valence-corrected chi connectivity index (χ1v) is 8.15. The van der Waals surface area contributed by atoms with Gasteiger partial charge >= 0.3 is 5.97 Å². The molecule has 0 saturated carbocycles. The van der Waals surface area contributed by atoms with Crippen LogP contribution in [-0.2, 0) is 20.7 Å². The van der Waals surface area contributed by atoms with Crippen molar-refractivity contribution in [3.63, 3.8) is 0 Å². The van der Waals surface area contributed by atoms with Crippen molar-refractivity contribution < 1.29 is 23.1 Å². The molecule has 0 aliphatic carbocycles. The second-order valence-electron chi connectivity index (χ2n) is 5.74. The van der Waals surface area contributed by atoms with Gasteiger partial charge in [-0.2, -0.15) is 0 Å². The molecule has 6 heteroatoms. The fourth-order valence-corrected chi connectivity index (χ4v) is 2.43. The van der Waals surface area contributed by atoms with Gasteiger partial charge in [0.25, 0.3) is 0 Å². The first-order chi connectivity index (χ1) is 12.0. The fourth-order valence-electron chi connectivity index (χ4n) is 2.43. The Labute approximate surface area is 146 Å². The predicted octanol–water partition coefficient (Wildman–Crippen LogP) is 3.43. The van der Waals surface area contributed by atoms with Gasteiger partial charge in [-0.1, -0.05) is 12.1 Å². The van der Waals surface area contributed by atoms with E-state index in [1.807, 2.05) is 0 Å². The Hall–Kier alpha value is -2.63.